The Morgan fingerprint density at radius 3 is 2.28 bits per heavy atom. The molecule has 168 valence electrons. The number of ketones is 1. The number of amides is 1. The quantitative estimate of drug-likeness (QED) is 0.401. The van der Waals surface area contributed by atoms with E-state index in [0.29, 0.717) is 5.56 Å². The van der Waals surface area contributed by atoms with Crippen LogP contribution in [0.25, 0.3) is 5.76 Å². The zero-order chi connectivity index (χ0) is 23.0. The Balaban J connectivity index is 1.89. The molecular formula is C27H31NO4. The lowest BCUT2D eigenvalue weighted by molar-refractivity contribution is -0.141. The lowest BCUT2D eigenvalue weighted by Gasteiger charge is -2.30. The Kier molecular flexibility index (Phi) is 5.85. The number of hydrogen-bond acceptors (Lipinski definition) is 4. The predicted octanol–water partition coefficient (Wildman–Crippen LogP) is 5.36. The van der Waals surface area contributed by atoms with Crippen molar-refractivity contribution in [3.8, 4) is 5.75 Å². The van der Waals surface area contributed by atoms with E-state index in [0.717, 1.165) is 42.6 Å². The van der Waals surface area contributed by atoms with Crippen LogP contribution >= 0.6 is 0 Å². The zero-order valence-corrected chi connectivity index (χ0v) is 19.2. The van der Waals surface area contributed by atoms with Gasteiger partial charge in [-0.05, 0) is 42.0 Å². The summed E-state index contributed by atoms with van der Waals surface area (Å²) < 4.78 is 5.52. The molecular weight excluding hydrogens is 402 g/mol. The predicted molar refractivity (Wildman–Crippen MR) is 125 cm³/mol. The maximum atomic E-state index is 13.2. The van der Waals surface area contributed by atoms with E-state index in [1.54, 1.807) is 24.1 Å². The molecule has 1 unspecified atom stereocenters. The number of Topliss-reactive ketones (excluding diaryl/α,β-unsaturated/α-hetero) is 1. The first kappa shape index (κ1) is 22.1. The Morgan fingerprint density at radius 2 is 1.69 bits per heavy atom. The van der Waals surface area contributed by atoms with Gasteiger partial charge in [0.1, 0.15) is 11.5 Å². The number of likely N-dealkylation sites (tertiary alicyclic amines) is 1. The normalized spacial score (nSPS) is 21.4. The minimum Gasteiger partial charge on any atom is -0.507 e. The van der Waals surface area contributed by atoms with Gasteiger partial charge < -0.3 is 14.7 Å². The van der Waals surface area contributed by atoms with E-state index < -0.39 is 17.7 Å². The molecule has 0 radical (unpaired) electrons. The third kappa shape index (κ3) is 3.81. The van der Waals surface area contributed by atoms with Gasteiger partial charge in [0.25, 0.3) is 11.7 Å². The molecule has 2 aliphatic rings. The fraction of sp³-hybridized carbons (Fsp3) is 0.407. The number of hydrogen-bond donors (Lipinski definition) is 1. The summed E-state index contributed by atoms with van der Waals surface area (Å²) in [6, 6.07) is 14.4. The number of nitrogens with zero attached hydrogens (tertiary/aromatic N) is 1. The zero-order valence-electron chi connectivity index (χ0n) is 19.2. The van der Waals surface area contributed by atoms with Crippen LogP contribution in [-0.4, -0.2) is 34.8 Å². The number of methoxy groups -OCH3 is 1. The van der Waals surface area contributed by atoms with Crippen LogP contribution in [0.15, 0.2) is 54.1 Å². The number of ether oxygens (including phenoxy) is 1. The van der Waals surface area contributed by atoms with Crippen LogP contribution in [-0.2, 0) is 15.0 Å². The third-order valence-corrected chi connectivity index (χ3v) is 6.59. The molecule has 1 aliphatic heterocycles. The molecule has 2 fully saturated rings. The van der Waals surface area contributed by atoms with Gasteiger partial charge in [-0.1, -0.05) is 63.9 Å². The van der Waals surface area contributed by atoms with Gasteiger partial charge in [-0.25, -0.2) is 0 Å². The lowest BCUT2D eigenvalue weighted by atomic mass is 9.84. The van der Waals surface area contributed by atoms with Crippen molar-refractivity contribution < 1.29 is 19.4 Å². The van der Waals surface area contributed by atoms with Crippen LogP contribution in [0.4, 0.5) is 0 Å². The molecule has 1 atom stereocenters. The summed E-state index contributed by atoms with van der Waals surface area (Å²) in [5, 5.41) is 11.4. The van der Waals surface area contributed by atoms with E-state index in [2.05, 4.69) is 20.8 Å². The average molecular weight is 434 g/mol. The number of rotatable bonds is 4. The summed E-state index contributed by atoms with van der Waals surface area (Å²) in [6.07, 6.45) is 3.85. The molecule has 1 heterocycles. The number of carbonyl (C=O) groups is 2. The smallest absolute Gasteiger partial charge is 0.295 e. The van der Waals surface area contributed by atoms with E-state index in [1.807, 2.05) is 36.4 Å². The molecule has 0 spiro atoms. The van der Waals surface area contributed by atoms with Crippen molar-refractivity contribution in [1.82, 2.24) is 4.90 Å². The average Bonchev–Trinajstić information content (AvgIpc) is 3.39. The van der Waals surface area contributed by atoms with Crippen LogP contribution in [0.3, 0.4) is 0 Å². The highest BCUT2D eigenvalue weighted by Gasteiger charge is 2.49. The van der Waals surface area contributed by atoms with Gasteiger partial charge in [-0.3, -0.25) is 9.59 Å². The molecule has 5 nitrogen and oxygen atoms in total. The van der Waals surface area contributed by atoms with Crippen molar-refractivity contribution in [2.24, 2.45) is 0 Å². The van der Waals surface area contributed by atoms with Crippen molar-refractivity contribution in [2.75, 3.05) is 7.11 Å². The Bertz CT molecular complexity index is 1060. The molecule has 1 aliphatic carbocycles. The summed E-state index contributed by atoms with van der Waals surface area (Å²) in [7, 11) is 1.62. The van der Waals surface area contributed by atoms with Crippen LogP contribution < -0.4 is 4.74 Å². The first-order valence-corrected chi connectivity index (χ1v) is 11.3. The first-order valence-electron chi connectivity index (χ1n) is 11.3. The maximum Gasteiger partial charge on any atom is 0.295 e. The Labute approximate surface area is 189 Å². The van der Waals surface area contributed by atoms with Gasteiger partial charge in [0.05, 0.1) is 18.7 Å². The Morgan fingerprint density at radius 1 is 1.03 bits per heavy atom. The second-order valence-corrected chi connectivity index (χ2v) is 9.72. The minimum absolute atomic E-state index is 0.0166. The Hall–Kier alpha value is -3.08. The summed E-state index contributed by atoms with van der Waals surface area (Å²) >= 11 is 0. The molecule has 1 amide bonds. The summed E-state index contributed by atoms with van der Waals surface area (Å²) in [4.78, 5) is 28.1. The molecule has 32 heavy (non-hydrogen) atoms. The number of aliphatic hydroxyl groups is 1. The van der Waals surface area contributed by atoms with Gasteiger partial charge in [-0.2, -0.15) is 0 Å². The molecule has 2 aromatic rings. The SMILES string of the molecule is COc1ccc(/C(O)=C2/C(=O)C(=O)N(C3CCCC3)C2c2ccccc2)cc1C(C)(C)C. The maximum absolute atomic E-state index is 13.2. The molecule has 0 bridgehead atoms. The van der Waals surface area contributed by atoms with E-state index in [4.69, 9.17) is 4.74 Å². The fourth-order valence-electron chi connectivity index (χ4n) is 4.97. The van der Waals surface area contributed by atoms with Crippen LogP contribution in [0, 0.1) is 0 Å². The molecule has 2 aromatic carbocycles. The molecule has 0 aromatic heterocycles. The van der Waals surface area contributed by atoms with Crippen LogP contribution in [0.5, 0.6) is 5.75 Å². The summed E-state index contributed by atoms with van der Waals surface area (Å²) in [5.41, 5.74) is 2.21. The van der Waals surface area contributed by atoms with Gasteiger partial charge >= 0.3 is 0 Å². The highest BCUT2D eigenvalue weighted by Crippen LogP contribution is 2.44. The standard InChI is InChI=1S/C27H31NO4/c1-27(2,3)20-16-18(14-15-21(20)32-4)24(29)22-23(17-10-6-5-7-11-17)28(26(31)25(22)30)19-12-8-9-13-19/h5-7,10-11,14-16,19,23,29H,8-9,12-13H2,1-4H3/b24-22-. The van der Waals surface area contributed by atoms with Crippen LogP contribution in [0.2, 0.25) is 0 Å². The van der Waals surface area contributed by atoms with Gasteiger partial charge in [-0.15, -0.1) is 0 Å². The summed E-state index contributed by atoms with van der Waals surface area (Å²) in [5.74, 6) is -0.542. The molecule has 4 rings (SSSR count). The highest BCUT2D eigenvalue weighted by molar-refractivity contribution is 6.46. The monoisotopic (exact) mass is 433 g/mol. The molecule has 1 saturated carbocycles. The number of benzene rings is 2. The fourth-order valence-corrected chi connectivity index (χ4v) is 4.97. The van der Waals surface area contributed by atoms with Gasteiger partial charge in [0, 0.05) is 17.2 Å². The van der Waals surface area contributed by atoms with E-state index >= 15 is 0 Å². The van der Waals surface area contributed by atoms with Gasteiger partial charge in [0.15, 0.2) is 0 Å². The number of carbonyl (C=O) groups excluding carboxylic acids is 2. The largest absolute Gasteiger partial charge is 0.507 e. The van der Waals surface area contributed by atoms with Gasteiger partial charge in [0.2, 0.25) is 0 Å². The van der Waals surface area contributed by atoms with E-state index in [9.17, 15) is 14.7 Å². The number of aliphatic hydroxyl groups excluding tert-OH is 1. The van der Waals surface area contributed by atoms with Crippen molar-refractivity contribution in [3.63, 3.8) is 0 Å². The lowest BCUT2D eigenvalue weighted by Crippen LogP contribution is -2.37. The molecule has 5 heteroatoms. The van der Waals surface area contributed by atoms with Crippen molar-refractivity contribution >= 4 is 17.4 Å². The van der Waals surface area contributed by atoms with Crippen molar-refractivity contribution in [2.45, 2.75) is 64.0 Å². The van der Waals surface area contributed by atoms with Crippen molar-refractivity contribution in [3.05, 3.63) is 70.8 Å². The highest BCUT2D eigenvalue weighted by atomic mass is 16.5. The minimum atomic E-state index is -0.614. The van der Waals surface area contributed by atoms with Crippen molar-refractivity contribution in [1.29, 1.82) is 0 Å². The third-order valence-electron chi connectivity index (χ3n) is 6.59. The van der Waals surface area contributed by atoms with E-state index in [1.165, 1.54) is 0 Å². The summed E-state index contributed by atoms with van der Waals surface area (Å²) in [6.45, 7) is 6.20. The second kappa shape index (κ2) is 8.45. The second-order valence-electron chi connectivity index (χ2n) is 9.72. The van der Waals surface area contributed by atoms with Crippen LogP contribution in [0.1, 0.15) is 69.2 Å². The molecule has 1 N–H and O–H groups in total. The topological polar surface area (TPSA) is 66.8 Å². The molecule has 1 saturated heterocycles. The first-order chi connectivity index (χ1) is 15.2. The van der Waals surface area contributed by atoms with E-state index in [-0.39, 0.29) is 22.8 Å².